The van der Waals surface area contributed by atoms with E-state index < -0.39 is 5.97 Å². The second-order valence-electron chi connectivity index (χ2n) is 4.44. The van der Waals surface area contributed by atoms with Gasteiger partial charge in [0, 0.05) is 25.8 Å². The maximum absolute atomic E-state index is 11.7. The maximum Gasteiger partial charge on any atom is 0.341 e. The minimum Gasteiger partial charge on any atom is -0.507 e. The smallest absolute Gasteiger partial charge is 0.341 e. The molecule has 100 valence electrons. The molecule has 0 atom stereocenters. The number of rotatable bonds is 6. The molecule has 0 radical (unpaired) electrons. The van der Waals surface area contributed by atoms with Gasteiger partial charge >= 0.3 is 5.97 Å². The van der Waals surface area contributed by atoms with Gasteiger partial charge in [-0.05, 0) is 18.6 Å². The number of benzene rings is 1. The third-order valence-corrected chi connectivity index (χ3v) is 2.70. The van der Waals surface area contributed by atoms with Crippen molar-refractivity contribution >= 4 is 11.7 Å². The van der Waals surface area contributed by atoms with Crippen LogP contribution >= 0.6 is 0 Å². The SMILES string of the molecule is CCCCCOC(=O)c1ccc(N(C)C)cc1O. The molecule has 1 aromatic carbocycles. The fourth-order valence-electron chi connectivity index (χ4n) is 1.57. The highest BCUT2D eigenvalue weighted by molar-refractivity contribution is 5.93. The Kier molecular flexibility index (Phi) is 5.49. The lowest BCUT2D eigenvalue weighted by molar-refractivity contribution is 0.0495. The third kappa shape index (κ3) is 3.95. The Morgan fingerprint density at radius 2 is 2.06 bits per heavy atom. The normalized spacial score (nSPS) is 10.2. The van der Waals surface area contributed by atoms with Crippen molar-refractivity contribution in [3.05, 3.63) is 23.8 Å². The molecule has 0 bridgehead atoms. The van der Waals surface area contributed by atoms with Crippen molar-refractivity contribution in [1.82, 2.24) is 0 Å². The van der Waals surface area contributed by atoms with Crippen molar-refractivity contribution < 1.29 is 14.6 Å². The number of phenolic OH excluding ortho intramolecular Hbond substituents is 1. The first kappa shape index (κ1) is 14.4. The summed E-state index contributed by atoms with van der Waals surface area (Å²) in [6.45, 7) is 2.50. The second-order valence-corrected chi connectivity index (χ2v) is 4.44. The van der Waals surface area contributed by atoms with E-state index in [2.05, 4.69) is 6.92 Å². The molecular formula is C14H21NO3. The number of unbranched alkanes of at least 4 members (excludes halogenated alkanes) is 2. The number of carbonyl (C=O) groups is 1. The molecule has 0 aromatic heterocycles. The van der Waals surface area contributed by atoms with Crippen LogP contribution in [0.5, 0.6) is 5.75 Å². The molecule has 1 aromatic rings. The number of aromatic hydroxyl groups is 1. The zero-order chi connectivity index (χ0) is 13.5. The summed E-state index contributed by atoms with van der Waals surface area (Å²) >= 11 is 0. The highest BCUT2D eigenvalue weighted by Gasteiger charge is 2.13. The van der Waals surface area contributed by atoms with Crippen LogP contribution in [0.25, 0.3) is 0 Å². The van der Waals surface area contributed by atoms with Crippen LogP contribution in [-0.2, 0) is 4.74 Å². The Labute approximate surface area is 108 Å². The zero-order valence-electron chi connectivity index (χ0n) is 11.3. The average Bonchev–Trinajstić information content (AvgIpc) is 2.34. The van der Waals surface area contributed by atoms with Gasteiger partial charge in [-0.2, -0.15) is 0 Å². The minimum atomic E-state index is -0.464. The van der Waals surface area contributed by atoms with Gasteiger partial charge in [0.05, 0.1) is 6.61 Å². The van der Waals surface area contributed by atoms with Crippen molar-refractivity contribution in [1.29, 1.82) is 0 Å². The molecule has 0 unspecified atom stereocenters. The van der Waals surface area contributed by atoms with E-state index in [4.69, 9.17) is 4.74 Å². The Balaban J connectivity index is 2.63. The van der Waals surface area contributed by atoms with E-state index in [9.17, 15) is 9.90 Å². The predicted molar refractivity (Wildman–Crippen MR) is 72.2 cm³/mol. The molecule has 18 heavy (non-hydrogen) atoms. The van der Waals surface area contributed by atoms with Crippen molar-refractivity contribution in [3.8, 4) is 5.75 Å². The summed E-state index contributed by atoms with van der Waals surface area (Å²) in [6, 6.07) is 4.93. The van der Waals surface area contributed by atoms with Gasteiger partial charge in [0.15, 0.2) is 0 Å². The summed E-state index contributed by atoms with van der Waals surface area (Å²) in [7, 11) is 3.75. The van der Waals surface area contributed by atoms with Crippen LogP contribution in [-0.4, -0.2) is 31.8 Å². The van der Waals surface area contributed by atoms with Crippen LogP contribution in [0.2, 0.25) is 0 Å². The molecule has 0 heterocycles. The summed E-state index contributed by atoms with van der Waals surface area (Å²) < 4.78 is 5.10. The second kappa shape index (κ2) is 6.89. The maximum atomic E-state index is 11.7. The molecule has 0 aliphatic rings. The molecular weight excluding hydrogens is 230 g/mol. The minimum absolute atomic E-state index is 0.0401. The highest BCUT2D eigenvalue weighted by Crippen LogP contribution is 2.24. The van der Waals surface area contributed by atoms with Crippen LogP contribution in [0, 0.1) is 0 Å². The van der Waals surface area contributed by atoms with Gasteiger partial charge in [-0.3, -0.25) is 0 Å². The van der Waals surface area contributed by atoms with E-state index in [0.29, 0.717) is 6.61 Å². The monoisotopic (exact) mass is 251 g/mol. The first-order chi connectivity index (χ1) is 8.56. The first-order valence-electron chi connectivity index (χ1n) is 6.23. The van der Waals surface area contributed by atoms with Crippen LogP contribution in [0.1, 0.15) is 36.5 Å². The molecule has 4 heteroatoms. The quantitative estimate of drug-likeness (QED) is 0.624. The number of ether oxygens (including phenoxy) is 1. The van der Waals surface area contributed by atoms with E-state index in [0.717, 1.165) is 24.9 Å². The largest absolute Gasteiger partial charge is 0.507 e. The average molecular weight is 251 g/mol. The van der Waals surface area contributed by atoms with Gasteiger partial charge in [-0.1, -0.05) is 19.8 Å². The summed E-state index contributed by atoms with van der Waals surface area (Å²) in [4.78, 5) is 13.6. The Morgan fingerprint density at radius 1 is 1.33 bits per heavy atom. The van der Waals surface area contributed by atoms with E-state index in [1.807, 2.05) is 19.0 Å². The fraction of sp³-hybridized carbons (Fsp3) is 0.500. The number of carbonyl (C=O) groups excluding carboxylic acids is 1. The lowest BCUT2D eigenvalue weighted by Crippen LogP contribution is -2.10. The van der Waals surface area contributed by atoms with Gasteiger partial charge in [0.1, 0.15) is 11.3 Å². The molecule has 0 fully saturated rings. The number of hydrogen-bond donors (Lipinski definition) is 1. The van der Waals surface area contributed by atoms with Crippen molar-refractivity contribution in [3.63, 3.8) is 0 Å². The topological polar surface area (TPSA) is 49.8 Å². The van der Waals surface area contributed by atoms with Gasteiger partial charge < -0.3 is 14.7 Å². The Bertz CT molecular complexity index is 402. The number of phenols is 1. The molecule has 0 saturated heterocycles. The fourth-order valence-corrected chi connectivity index (χ4v) is 1.57. The number of anilines is 1. The molecule has 0 amide bonds. The lowest BCUT2D eigenvalue weighted by Gasteiger charge is -2.13. The Morgan fingerprint density at radius 3 is 2.61 bits per heavy atom. The van der Waals surface area contributed by atoms with Crippen LogP contribution in [0.15, 0.2) is 18.2 Å². The Hall–Kier alpha value is -1.71. The van der Waals surface area contributed by atoms with Crippen LogP contribution < -0.4 is 4.90 Å². The molecule has 0 saturated carbocycles. The van der Waals surface area contributed by atoms with E-state index in [1.165, 1.54) is 0 Å². The lowest BCUT2D eigenvalue weighted by atomic mass is 10.1. The molecule has 0 aliphatic heterocycles. The molecule has 4 nitrogen and oxygen atoms in total. The van der Waals surface area contributed by atoms with E-state index >= 15 is 0 Å². The standard InChI is InChI=1S/C14H21NO3/c1-4-5-6-9-18-14(17)12-8-7-11(15(2)3)10-13(12)16/h7-8,10,16H,4-6,9H2,1-3H3. The molecule has 0 spiro atoms. The third-order valence-electron chi connectivity index (χ3n) is 2.70. The molecule has 0 aliphatic carbocycles. The number of nitrogens with zero attached hydrogens (tertiary/aromatic N) is 1. The highest BCUT2D eigenvalue weighted by atomic mass is 16.5. The first-order valence-corrected chi connectivity index (χ1v) is 6.23. The van der Waals surface area contributed by atoms with Gasteiger partial charge in [0.2, 0.25) is 0 Å². The summed E-state index contributed by atoms with van der Waals surface area (Å²) in [5.74, 6) is -0.504. The molecule has 1 N–H and O–H groups in total. The zero-order valence-corrected chi connectivity index (χ0v) is 11.3. The summed E-state index contributed by atoms with van der Waals surface area (Å²) in [5, 5.41) is 9.79. The van der Waals surface area contributed by atoms with E-state index in [-0.39, 0.29) is 11.3 Å². The van der Waals surface area contributed by atoms with Crippen LogP contribution in [0.4, 0.5) is 5.69 Å². The predicted octanol–water partition coefficient (Wildman–Crippen LogP) is 2.81. The van der Waals surface area contributed by atoms with Gasteiger partial charge in [-0.25, -0.2) is 4.79 Å². The van der Waals surface area contributed by atoms with Crippen molar-refractivity contribution in [2.45, 2.75) is 26.2 Å². The molecule has 1 rings (SSSR count). The summed E-state index contributed by atoms with van der Waals surface area (Å²) in [5.41, 5.74) is 1.06. The van der Waals surface area contributed by atoms with Crippen molar-refractivity contribution in [2.24, 2.45) is 0 Å². The number of hydrogen-bond acceptors (Lipinski definition) is 4. The van der Waals surface area contributed by atoms with Gasteiger partial charge in [-0.15, -0.1) is 0 Å². The van der Waals surface area contributed by atoms with Crippen LogP contribution in [0.3, 0.4) is 0 Å². The van der Waals surface area contributed by atoms with Gasteiger partial charge in [0.25, 0.3) is 0 Å². The van der Waals surface area contributed by atoms with E-state index in [1.54, 1.807) is 18.2 Å². The number of esters is 1. The summed E-state index contributed by atoms with van der Waals surface area (Å²) in [6.07, 6.45) is 2.98. The van der Waals surface area contributed by atoms with Crippen molar-refractivity contribution in [2.75, 3.05) is 25.6 Å².